The molecule has 1 atom stereocenters. The number of halogens is 2. The van der Waals surface area contributed by atoms with Crippen LogP contribution in [-0.4, -0.2) is 61.9 Å². The second-order valence-corrected chi connectivity index (χ2v) is 9.58. The molecule has 3 heterocycles. The Morgan fingerprint density at radius 1 is 1.15 bits per heavy atom. The molecule has 1 aromatic carbocycles. The second-order valence-electron chi connectivity index (χ2n) is 9.58. The summed E-state index contributed by atoms with van der Waals surface area (Å²) in [5.74, 6) is -3.34. The lowest BCUT2D eigenvalue weighted by Crippen LogP contribution is -2.47. The van der Waals surface area contributed by atoms with E-state index in [0.717, 1.165) is 55.1 Å². The van der Waals surface area contributed by atoms with Gasteiger partial charge in [0, 0.05) is 71.1 Å². The molecule has 0 N–H and O–H groups in total. The van der Waals surface area contributed by atoms with Crippen molar-refractivity contribution < 1.29 is 13.6 Å². The van der Waals surface area contributed by atoms with Gasteiger partial charge in [-0.1, -0.05) is 12.1 Å². The van der Waals surface area contributed by atoms with Crippen LogP contribution in [0.15, 0.2) is 35.1 Å². The highest BCUT2D eigenvalue weighted by molar-refractivity contribution is 5.77. The van der Waals surface area contributed by atoms with E-state index in [1.807, 2.05) is 24.0 Å². The minimum Gasteiger partial charge on any atom is -0.340 e. The minimum absolute atomic E-state index is 0.00953. The normalized spacial score (nSPS) is 20.1. The van der Waals surface area contributed by atoms with Gasteiger partial charge < -0.3 is 4.90 Å². The van der Waals surface area contributed by atoms with Gasteiger partial charge in [0.15, 0.2) is 5.65 Å². The van der Waals surface area contributed by atoms with E-state index in [2.05, 4.69) is 23.1 Å². The third-order valence-electron chi connectivity index (χ3n) is 7.14. The van der Waals surface area contributed by atoms with Crippen LogP contribution in [0.3, 0.4) is 0 Å². The van der Waals surface area contributed by atoms with E-state index >= 15 is 0 Å². The van der Waals surface area contributed by atoms with Crippen molar-refractivity contribution in [3.05, 3.63) is 51.9 Å². The zero-order chi connectivity index (χ0) is 24.2. The summed E-state index contributed by atoms with van der Waals surface area (Å²) in [6.45, 7) is 7.58. The van der Waals surface area contributed by atoms with E-state index in [1.165, 1.54) is 9.13 Å². The van der Waals surface area contributed by atoms with Crippen molar-refractivity contribution in [1.29, 1.82) is 0 Å². The first kappa shape index (κ1) is 22.7. The molecule has 9 heteroatoms. The number of nitrogens with zero attached hydrogens (tertiary/aromatic N) is 5. The number of alkyl halides is 2. The van der Waals surface area contributed by atoms with Crippen molar-refractivity contribution in [2.24, 2.45) is 13.0 Å². The molecule has 34 heavy (non-hydrogen) atoms. The predicted molar refractivity (Wildman–Crippen MR) is 126 cm³/mol. The number of carbonyl (C=O) groups is 1. The van der Waals surface area contributed by atoms with Crippen LogP contribution in [0.4, 0.5) is 8.78 Å². The minimum atomic E-state index is -2.68. The zero-order valence-corrected chi connectivity index (χ0v) is 19.7. The van der Waals surface area contributed by atoms with Crippen LogP contribution in [0.5, 0.6) is 0 Å². The predicted octanol–water partition coefficient (Wildman–Crippen LogP) is 3.03. The lowest BCUT2D eigenvalue weighted by Gasteiger charge is -2.34. The molecule has 3 aromatic rings. The van der Waals surface area contributed by atoms with Crippen LogP contribution in [-0.2, 0) is 24.9 Å². The first-order chi connectivity index (χ1) is 16.1. The molecule has 2 fully saturated rings. The van der Waals surface area contributed by atoms with Gasteiger partial charge >= 0.3 is 5.69 Å². The number of pyridine rings is 1. The average molecular weight is 470 g/mol. The number of imidazole rings is 1. The van der Waals surface area contributed by atoms with Crippen molar-refractivity contribution in [2.75, 3.05) is 26.2 Å². The van der Waals surface area contributed by atoms with Crippen LogP contribution in [0.2, 0.25) is 0 Å². The molecule has 0 radical (unpaired) electrons. The number of fused-ring (bicyclic) bond motifs is 1. The van der Waals surface area contributed by atoms with E-state index in [1.54, 1.807) is 14.0 Å². The Morgan fingerprint density at radius 3 is 2.50 bits per heavy atom. The molecule has 2 aromatic heterocycles. The van der Waals surface area contributed by atoms with Crippen molar-refractivity contribution in [3.63, 3.8) is 0 Å². The Bertz CT molecular complexity index is 1320. The number of benzene rings is 1. The van der Waals surface area contributed by atoms with Gasteiger partial charge in [-0.2, -0.15) is 0 Å². The number of piperazine rings is 1. The quantitative estimate of drug-likeness (QED) is 0.576. The fourth-order valence-corrected chi connectivity index (χ4v) is 4.81. The lowest BCUT2D eigenvalue weighted by molar-refractivity contribution is -0.130. The lowest BCUT2D eigenvalue weighted by atomic mass is 10.0. The smallest absolute Gasteiger partial charge is 0.330 e. The summed E-state index contributed by atoms with van der Waals surface area (Å²) in [5, 5.41) is 0. The number of hydrogen-bond acceptors (Lipinski definition) is 4. The maximum Gasteiger partial charge on any atom is 0.330 e. The number of carbonyl (C=O) groups excluding carboxylic acids is 1. The van der Waals surface area contributed by atoms with Crippen LogP contribution in [0, 0.1) is 12.8 Å². The fourth-order valence-electron chi connectivity index (χ4n) is 4.81. The molecule has 0 bridgehead atoms. The van der Waals surface area contributed by atoms with Crippen molar-refractivity contribution in [2.45, 2.75) is 39.3 Å². The second kappa shape index (κ2) is 8.30. The topological polar surface area (TPSA) is 63.4 Å². The Kier molecular flexibility index (Phi) is 5.55. The van der Waals surface area contributed by atoms with E-state index in [4.69, 9.17) is 4.98 Å². The molecule has 1 saturated carbocycles. The Balaban J connectivity index is 1.41. The molecular weight excluding hydrogens is 440 g/mol. The number of rotatable bonds is 5. The van der Waals surface area contributed by atoms with E-state index in [0.29, 0.717) is 11.2 Å². The van der Waals surface area contributed by atoms with Gasteiger partial charge in [-0.25, -0.2) is 18.6 Å². The van der Waals surface area contributed by atoms with Crippen LogP contribution >= 0.6 is 0 Å². The highest BCUT2D eigenvalue weighted by Gasteiger charge is 2.57. The van der Waals surface area contributed by atoms with Gasteiger partial charge in [0.25, 0.3) is 5.92 Å². The van der Waals surface area contributed by atoms with Crippen molar-refractivity contribution in [1.82, 2.24) is 23.9 Å². The Morgan fingerprint density at radius 2 is 1.85 bits per heavy atom. The highest BCUT2D eigenvalue weighted by atomic mass is 19.3. The molecule has 7 nitrogen and oxygen atoms in total. The van der Waals surface area contributed by atoms with Crippen LogP contribution in [0.25, 0.3) is 22.4 Å². The number of aryl methyl sites for hydroxylation is 2. The molecule has 180 valence electrons. The van der Waals surface area contributed by atoms with Gasteiger partial charge in [-0.3, -0.25) is 18.8 Å². The maximum atomic E-state index is 13.5. The SMILES string of the molecule is CC(=O)N1CCN(Cc2ccc(C)c(-c3ccc4c(n3)n(C)c(=O)n4CC3CC3(F)F)c2)CC1. The fraction of sp³-hybridized carbons (Fsp3) is 0.480. The third kappa shape index (κ3) is 4.13. The van der Waals surface area contributed by atoms with E-state index in [9.17, 15) is 18.4 Å². The third-order valence-corrected chi connectivity index (χ3v) is 7.14. The summed E-state index contributed by atoms with van der Waals surface area (Å²) in [6, 6.07) is 9.98. The number of aromatic nitrogens is 3. The molecule has 2 aliphatic rings. The van der Waals surface area contributed by atoms with Gasteiger partial charge in [-0.15, -0.1) is 0 Å². The van der Waals surface area contributed by atoms with E-state index in [-0.39, 0.29) is 24.6 Å². The molecular formula is C25H29F2N5O2. The zero-order valence-electron chi connectivity index (χ0n) is 19.7. The monoisotopic (exact) mass is 469 g/mol. The van der Waals surface area contributed by atoms with Gasteiger partial charge in [0.2, 0.25) is 5.91 Å². The molecule has 1 aliphatic heterocycles. The van der Waals surface area contributed by atoms with Crippen LogP contribution < -0.4 is 5.69 Å². The standard InChI is InChI=1S/C25H29F2N5O2/c1-16-4-5-18(14-30-8-10-31(11-9-30)17(2)33)12-20(16)21-6-7-22-23(28-21)29(3)24(34)32(22)15-19-13-25(19,26)27/h4-7,12,19H,8-11,13-15H2,1-3H3. The first-order valence-electron chi connectivity index (χ1n) is 11.7. The first-order valence-corrected chi connectivity index (χ1v) is 11.7. The molecule has 0 spiro atoms. The molecule has 1 unspecified atom stereocenters. The summed E-state index contributed by atoms with van der Waals surface area (Å²) in [4.78, 5) is 33.3. The van der Waals surface area contributed by atoms with Crippen molar-refractivity contribution >= 4 is 17.1 Å². The number of hydrogen-bond donors (Lipinski definition) is 0. The van der Waals surface area contributed by atoms with Gasteiger partial charge in [0.1, 0.15) is 0 Å². The summed E-state index contributed by atoms with van der Waals surface area (Å²) in [5.41, 5.74) is 4.71. The largest absolute Gasteiger partial charge is 0.340 e. The van der Waals surface area contributed by atoms with Gasteiger partial charge in [-0.05, 0) is 36.2 Å². The summed E-state index contributed by atoms with van der Waals surface area (Å²) < 4.78 is 29.8. The Hall–Kier alpha value is -3.07. The summed E-state index contributed by atoms with van der Waals surface area (Å²) >= 11 is 0. The maximum absolute atomic E-state index is 13.5. The van der Waals surface area contributed by atoms with Crippen LogP contribution in [0.1, 0.15) is 24.5 Å². The molecule has 1 aliphatic carbocycles. The summed E-state index contributed by atoms with van der Waals surface area (Å²) in [6.07, 6.45) is -0.170. The van der Waals surface area contributed by atoms with Crippen molar-refractivity contribution in [3.8, 4) is 11.3 Å². The Labute approximate surface area is 196 Å². The van der Waals surface area contributed by atoms with Gasteiger partial charge in [0.05, 0.1) is 11.2 Å². The number of amides is 1. The average Bonchev–Trinajstić information content (AvgIpc) is 3.35. The summed E-state index contributed by atoms with van der Waals surface area (Å²) in [7, 11) is 1.63. The molecule has 5 rings (SSSR count). The highest BCUT2D eigenvalue weighted by Crippen LogP contribution is 2.49. The molecule has 1 amide bonds. The molecule has 1 saturated heterocycles. The van der Waals surface area contributed by atoms with E-state index < -0.39 is 11.8 Å².